The minimum atomic E-state index is -0.876. The van der Waals surface area contributed by atoms with Gasteiger partial charge in [0.2, 0.25) is 5.91 Å². The molecule has 0 fully saturated rings. The number of hydrogen-bond acceptors (Lipinski definition) is 6. The quantitative estimate of drug-likeness (QED) is 0.270. The van der Waals surface area contributed by atoms with E-state index >= 15 is 0 Å². The van der Waals surface area contributed by atoms with Crippen LogP contribution in [0.25, 0.3) is 0 Å². The first-order valence-electron chi connectivity index (χ1n) is 8.39. The summed E-state index contributed by atoms with van der Waals surface area (Å²) in [5, 5.41) is 11.2. The topological polar surface area (TPSA) is 103 Å². The molecule has 0 aliphatic heterocycles. The van der Waals surface area contributed by atoms with Crippen molar-refractivity contribution in [1.29, 1.82) is 0 Å². The maximum Gasteiger partial charge on any atom is 0.305 e. The molecule has 25 heavy (non-hydrogen) atoms. The fourth-order valence-electron chi connectivity index (χ4n) is 1.62. The van der Waals surface area contributed by atoms with E-state index in [-0.39, 0.29) is 18.9 Å². The van der Waals surface area contributed by atoms with Crippen molar-refractivity contribution in [2.75, 3.05) is 59.4 Å². The molecule has 0 aromatic rings. The van der Waals surface area contributed by atoms with Gasteiger partial charge in [0.25, 0.3) is 0 Å². The van der Waals surface area contributed by atoms with Crippen LogP contribution in [0.1, 0.15) is 25.7 Å². The number of aliphatic carboxylic acids is 1. The summed E-state index contributed by atoms with van der Waals surface area (Å²) < 4.78 is 21.0. The lowest BCUT2D eigenvalue weighted by Gasteiger charge is -2.08. The van der Waals surface area contributed by atoms with Crippen LogP contribution >= 0.6 is 0 Å². The SMILES string of the molecule is C#CCCCC(=O)NCCOCCOCCOCCOCCC(=O)O. The highest BCUT2D eigenvalue weighted by Gasteiger charge is 1.99. The number of hydrogen-bond donors (Lipinski definition) is 2. The molecule has 0 radical (unpaired) electrons. The van der Waals surface area contributed by atoms with Crippen LogP contribution in [0.4, 0.5) is 0 Å². The average Bonchev–Trinajstić information content (AvgIpc) is 2.58. The van der Waals surface area contributed by atoms with E-state index in [4.69, 9.17) is 30.5 Å². The molecule has 0 spiro atoms. The van der Waals surface area contributed by atoms with Crippen LogP contribution in [0, 0.1) is 12.3 Å². The van der Waals surface area contributed by atoms with Crippen molar-refractivity contribution in [2.24, 2.45) is 0 Å². The number of nitrogens with one attached hydrogen (secondary N) is 1. The van der Waals surface area contributed by atoms with Crippen molar-refractivity contribution in [3.63, 3.8) is 0 Å². The molecular weight excluding hydrogens is 330 g/mol. The van der Waals surface area contributed by atoms with Crippen molar-refractivity contribution in [1.82, 2.24) is 5.32 Å². The van der Waals surface area contributed by atoms with Crippen molar-refractivity contribution >= 4 is 11.9 Å². The third kappa shape index (κ3) is 20.3. The second kappa shape index (κ2) is 18.7. The number of amides is 1. The number of rotatable bonds is 18. The van der Waals surface area contributed by atoms with Crippen LogP contribution in [0.15, 0.2) is 0 Å². The Morgan fingerprint density at radius 2 is 1.36 bits per heavy atom. The van der Waals surface area contributed by atoms with Gasteiger partial charge in [-0.2, -0.15) is 0 Å². The molecule has 0 bridgehead atoms. The fourth-order valence-corrected chi connectivity index (χ4v) is 1.62. The third-order valence-corrected chi connectivity index (χ3v) is 2.87. The van der Waals surface area contributed by atoms with E-state index in [1.54, 1.807) is 0 Å². The van der Waals surface area contributed by atoms with E-state index in [1.807, 2.05) is 0 Å². The number of carbonyl (C=O) groups excluding carboxylic acids is 1. The molecule has 0 aromatic carbocycles. The Labute approximate surface area is 149 Å². The van der Waals surface area contributed by atoms with Crippen molar-refractivity contribution in [3.05, 3.63) is 0 Å². The van der Waals surface area contributed by atoms with Gasteiger partial charge in [0, 0.05) is 19.4 Å². The zero-order valence-corrected chi connectivity index (χ0v) is 14.7. The Hall–Kier alpha value is -1.66. The van der Waals surface area contributed by atoms with Gasteiger partial charge in [0.15, 0.2) is 0 Å². The summed E-state index contributed by atoms with van der Waals surface area (Å²) in [7, 11) is 0. The van der Waals surface area contributed by atoms with E-state index in [0.717, 1.165) is 0 Å². The van der Waals surface area contributed by atoms with Gasteiger partial charge < -0.3 is 29.4 Å². The zero-order chi connectivity index (χ0) is 18.6. The van der Waals surface area contributed by atoms with Crippen molar-refractivity contribution in [2.45, 2.75) is 25.7 Å². The highest BCUT2D eigenvalue weighted by Crippen LogP contribution is 1.92. The maximum absolute atomic E-state index is 11.4. The Balaban J connectivity index is 3.11. The Morgan fingerprint density at radius 1 is 0.840 bits per heavy atom. The summed E-state index contributed by atoms with van der Waals surface area (Å²) in [6.45, 7) is 3.66. The van der Waals surface area contributed by atoms with Crippen LogP contribution in [-0.4, -0.2) is 76.4 Å². The van der Waals surface area contributed by atoms with Crippen LogP contribution in [0.3, 0.4) is 0 Å². The molecule has 0 aromatic heterocycles. The van der Waals surface area contributed by atoms with Crippen LogP contribution in [0.5, 0.6) is 0 Å². The number of terminal acetylenes is 1. The lowest BCUT2D eigenvalue weighted by Crippen LogP contribution is -2.27. The first-order chi connectivity index (χ1) is 12.2. The van der Waals surface area contributed by atoms with Crippen molar-refractivity contribution in [3.8, 4) is 12.3 Å². The number of carboxylic acids is 1. The highest BCUT2D eigenvalue weighted by molar-refractivity contribution is 5.75. The molecule has 0 saturated carbocycles. The summed E-state index contributed by atoms with van der Waals surface area (Å²) >= 11 is 0. The Morgan fingerprint density at radius 3 is 1.88 bits per heavy atom. The molecule has 8 nitrogen and oxygen atoms in total. The predicted molar refractivity (Wildman–Crippen MR) is 91.2 cm³/mol. The number of unbranched alkanes of at least 4 members (excludes halogenated alkanes) is 1. The van der Waals surface area contributed by atoms with Crippen LogP contribution < -0.4 is 5.32 Å². The number of carboxylic acid groups (broad SMARTS) is 1. The first-order valence-corrected chi connectivity index (χ1v) is 8.39. The average molecular weight is 359 g/mol. The molecular formula is C17H29NO7. The minimum Gasteiger partial charge on any atom is -0.481 e. The van der Waals surface area contributed by atoms with Crippen LogP contribution in [0.2, 0.25) is 0 Å². The summed E-state index contributed by atoms with van der Waals surface area (Å²) in [6, 6.07) is 0. The van der Waals surface area contributed by atoms with Gasteiger partial charge in [-0.15, -0.1) is 12.3 Å². The van der Waals surface area contributed by atoms with E-state index in [0.29, 0.717) is 72.1 Å². The summed E-state index contributed by atoms with van der Waals surface area (Å²) in [6.07, 6.45) is 6.87. The molecule has 0 aliphatic carbocycles. The van der Waals surface area contributed by atoms with Gasteiger partial charge >= 0.3 is 5.97 Å². The van der Waals surface area contributed by atoms with Gasteiger partial charge in [-0.3, -0.25) is 9.59 Å². The minimum absolute atomic E-state index is 0.00143. The van der Waals surface area contributed by atoms with Gasteiger partial charge in [-0.1, -0.05) is 0 Å². The first kappa shape index (κ1) is 23.3. The number of ether oxygens (including phenoxy) is 4. The molecule has 0 atom stereocenters. The molecule has 144 valence electrons. The molecule has 0 unspecified atom stereocenters. The van der Waals surface area contributed by atoms with E-state index < -0.39 is 5.97 Å². The summed E-state index contributed by atoms with van der Waals surface area (Å²) in [5.74, 6) is 1.60. The second-order valence-corrected chi connectivity index (χ2v) is 5.00. The molecule has 0 saturated heterocycles. The van der Waals surface area contributed by atoms with E-state index in [2.05, 4.69) is 11.2 Å². The summed E-state index contributed by atoms with van der Waals surface area (Å²) in [4.78, 5) is 21.6. The molecule has 0 rings (SSSR count). The molecule has 2 N–H and O–H groups in total. The standard InChI is InChI=1S/C17H29NO7/c1-2-3-4-5-16(19)18-7-9-23-11-13-25-15-14-24-12-10-22-8-6-17(20)21/h1H,3-15H2,(H,18,19)(H,20,21). The molecule has 1 amide bonds. The smallest absolute Gasteiger partial charge is 0.305 e. The highest BCUT2D eigenvalue weighted by atomic mass is 16.6. The lowest BCUT2D eigenvalue weighted by molar-refractivity contribution is -0.138. The Kier molecular flexibility index (Phi) is 17.4. The number of carbonyl (C=O) groups is 2. The third-order valence-electron chi connectivity index (χ3n) is 2.87. The molecule has 0 aliphatic rings. The fraction of sp³-hybridized carbons (Fsp3) is 0.765. The van der Waals surface area contributed by atoms with Crippen molar-refractivity contribution < 1.29 is 33.6 Å². The van der Waals surface area contributed by atoms with Gasteiger partial charge in [-0.05, 0) is 6.42 Å². The predicted octanol–water partition coefficient (Wildman–Crippen LogP) is 0.447. The zero-order valence-electron chi connectivity index (χ0n) is 14.7. The monoisotopic (exact) mass is 359 g/mol. The van der Waals surface area contributed by atoms with Gasteiger partial charge in [0.1, 0.15) is 0 Å². The normalized spacial score (nSPS) is 10.4. The van der Waals surface area contributed by atoms with Crippen LogP contribution in [-0.2, 0) is 28.5 Å². The van der Waals surface area contributed by atoms with Gasteiger partial charge in [-0.25, -0.2) is 0 Å². The van der Waals surface area contributed by atoms with E-state index in [9.17, 15) is 9.59 Å². The maximum atomic E-state index is 11.4. The van der Waals surface area contributed by atoms with E-state index in [1.165, 1.54) is 0 Å². The second-order valence-electron chi connectivity index (χ2n) is 5.00. The van der Waals surface area contributed by atoms with Gasteiger partial charge in [0.05, 0.1) is 59.3 Å². The Bertz CT molecular complexity index is 382. The molecule has 8 heteroatoms. The molecule has 0 heterocycles. The summed E-state index contributed by atoms with van der Waals surface area (Å²) in [5.41, 5.74) is 0. The largest absolute Gasteiger partial charge is 0.481 e. The lowest BCUT2D eigenvalue weighted by atomic mass is 10.2.